The molecule has 1 amide bonds. The summed E-state index contributed by atoms with van der Waals surface area (Å²) in [7, 11) is 1.86. The molecule has 0 saturated carbocycles. The SMILES string of the molecule is CC(CN)CCc1ccc2c(c1)CCC(=O)N2C. The molecule has 0 spiro atoms. The summed E-state index contributed by atoms with van der Waals surface area (Å²) in [6, 6.07) is 6.47. The summed E-state index contributed by atoms with van der Waals surface area (Å²) in [5.74, 6) is 0.789. The monoisotopic (exact) mass is 246 g/mol. The molecule has 1 heterocycles. The smallest absolute Gasteiger partial charge is 0.227 e. The number of aryl methyl sites for hydroxylation is 2. The van der Waals surface area contributed by atoms with Crippen molar-refractivity contribution in [2.75, 3.05) is 18.5 Å². The van der Waals surface area contributed by atoms with Crippen molar-refractivity contribution in [1.82, 2.24) is 0 Å². The Kier molecular flexibility index (Phi) is 4.02. The van der Waals surface area contributed by atoms with E-state index >= 15 is 0 Å². The van der Waals surface area contributed by atoms with E-state index in [4.69, 9.17) is 5.73 Å². The number of rotatable bonds is 4. The van der Waals surface area contributed by atoms with Crippen LogP contribution < -0.4 is 10.6 Å². The lowest BCUT2D eigenvalue weighted by atomic mass is 9.95. The van der Waals surface area contributed by atoms with Crippen LogP contribution in [0.4, 0.5) is 5.69 Å². The lowest BCUT2D eigenvalue weighted by Gasteiger charge is -2.26. The fourth-order valence-corrected chi connectivity index (χ4v) is 2.40. The summed E-state index contributed by atoms with van der Waals surface area (Å²) < 4.78 is 0. The molecule has 0 fully saturated rings. The molecule has 98 valence electrons. The predicted octanol–water partition coefficient (Wildman–Crippen LogP) is 2.12. The largest absolute Gasteiger partial charge is 0.330 e. The van der Waals surface area contributed by atoms with E-state index < -0.39 is 0 Å². The molecule has 1 atom stereocenters. The van der Waals surface area contributed by atoms with Crippen LogP contribution >= 0.6 is 0 Å². The van der Waals surface area contributed by atoms with Gasteiger partial charge in [0.1, 0.15) is 0 Å². The number of carbonyl (C=O) groups is 1. The second-order valence-corrected chi connectivity index (χ2v) is 5.30. The number of benzene rings is 1. The molecule has 18 heavy (non-hydrogen) atoms. The van der Waals surface area contributed by atoms with E-state index in [0.717, 1.165) is 31.5 Å². The van der Waals surface area contributed by atoms with E-state index in [-0.39, 0.29) is 5.91 Å². The highest BCUT2D eigenvalue weighted by Gasteiger charge is 2.20. The molecule has 0 saturated heterocycles. The predicted molar refractivity (Wildman–Crippen MR) is 74.7 cm³/mol. The Morgan fingerprint density at radius 3 is 2.89 bits per heavy atom. The standard InChI is InChI=1S/C15H22N2O/c1-11(10-16)3-4-12-5-7-14-13(9-12)6-8-15(18)17(14)2/h5,7,9,11H,3-4,6,8,10,16H2,1-2H3. The van der Waals surface area contributed by atoms with Crippen LogP contribution in [0.15, 0.2) is 18.2 Å². The van der Waals surface area contributed by atoms with Crippen molar-refractivity contribution < 1.29 is 4.79 Å². The van der Waals surface area contributed by atoms with E-state index in [9.17, 15) is 4.79 Å². The van der Waals surface area contributed by atoms with E-state index in [1.807, 2.05) is 7.05 Å². The van der Waals surface area contributed by atoms with Gasteiger partial charge in [-0.15, -0.1) is 0 Å². The van der Waals surface area contributed by atoms with Crippen molar-refractivity contribution in [3.8, 4) is 0 Å². The summed E-state index contributed by atoms with van der Waals surface area (Å²) in [6.07, 6.45) is 3.71. The summed E-state index contributed by atoms with van der Waals surface area (Å²) in [4.78, 5) is 13.4. The number of hydrogen-bond acceptors (Lipinski definition) is 2. The maximum absolute atomic E-state index is 11.6. The van der Waals surface area contributed by atoms with Crippen LogP contribution in [0.2, 0.25) is 0 Å². The minimum atomic E-state index is 0.215. The van der Waals surface area contributed by atoms with Crippen molar-refractivity contribution >= 4 is 11.6 Å². The molecule has 2 N–H and O–H groups in total. The first kappa shape index (κ1) is 13.1. The van der Waals surface area contributed by atoms with Gasteiger partial charge in [-0.3, -0.25) is 4.79 Å². The third-order valence-corrected chi connectivity index (χ3v) is 3.82. The highest BCUT2D eigenvalue weighted by atomic mass is 16.2. The van der Waals surface area contributed by atoms with Crippen LogP contribution in [-0.4, -0.2) is 19.5 Å². The van der Waals surface area contributed by atoms with Crippen LogP contribution in [0.25, 0.3) is 0 Å². The lowest BCUT2D eigenvalue weighted by molar-refractivity contribution is -0.118. The number of nitrogens with zero attached hydrogens (tertiary/aromatic N) is 1. The van der Waals surface area contributed by atoms with Gasteiger partial charge in [-0.2, -0.15) is 0 Å². The van der Waals surface area contributed by atoms with E-state index in [1.54, 1.807) is 4.90 Å². The highest BCUT2D eigenvalue weighted by Crippen LogP contribution is 2.28. The average Bonchev–Trinajstić information content (AvgIpc) is 2.40. The zero-order chi connectivity index (χ0) is 13.1. The first-order chi connectivity index (χ1) is 8.61. The van der Waals surface area contributed by atoms with E-state index in [1.165, 1.54) is 11.1 Å². The summed E-state index contributed by atoms with van der Waals surface area (Å²) in [6.45, 7) is 2.94. The molecule has 0 bridgehead atoms. The summed E-state index contributed by atoms with van der Waals surface area (Å²) >= 11 is 0. The van der Waals surface area contributed by atoms with Crippen molar-refractivity contribution in [3.05, 3.63) is 29.3 Å². The maximum Gasteiger partial charge on any atom is 0.227 e. The first-order valence-corrected chi connectivity index (χ1v) is 6.70. The molecule has 1 aromatic rings. The summed E-state index contributed by atoms with van der Waals surface area (Å²) in [5, 5.41) is 0. The highest BCUT2D eigenvalue weighted by molar-refractivity contribution is 5.95. The van der Waals surface area contributed by atoms with Crippen molar-refractivity contribution in [3.63, 3.8) is 0 Å². The topological polar surface area (TPSA) is 46.3 Å². The average molecular weight is 246 g/mol. The van der Waals surface area contributed by atoms with Crippen LogP contribution in [0.1, 0.15) is 30.9 Å². The molecule has 0 aromatic heterocycles. The van der Waals surface area contributed by atoms with Crippen LogP contribution in [0, 0.1) is 5.92 Å². The van der Waals surface area contributed by atoms with Crippen molar-refractivity contribution in [1.29, 1.82) is 0 Å². The third-order valence-electron chi connectivity index (χ3n) is 3.82. The van der Waals surface area contributed by atoms with Gasteiger partial charge in [0, 0.05) is 19.2 Å². The number of carbonyl (C=O) groups excluding carboxylic acids is 1. The lowest BCUT2D eigenvalue weighted by Crippen LogP contribution is -2.31. The van der Waals surface area contributed by atoms with Gasteiger partial charge < -0.3 is 10.6 Å². The zero-order valence-corrected chi connectivity index (χ0v) is 11.3. The van der Waals surface area contributed by atoms with E-state index in [0.29, 0.717) is 12.3 Å². The molecule has 1 aliphatic rings. The zero-order valence-electron chi connectivity index (χ0n) is 11.3. The molecular formula is C15H22N2O. The van der Waals surface area contributed by atoms with Crippen LogP contribution in [-0.2, 0) is 17.6 Å². The van der Waals surface area contributed by atoms with Gasteiger partial charge in [-0.25, -0.2) is 0 Å². The fourth-order valence-electron chi connectivity index (χ4n) is 2.40. The molecule has 1 aromatic carbocycles. The molecule has 2 rings (SSSR count). The van der Waals surface area contributed by atoms with Gasteiger partial charge in [0.15, 0.2) is 0 Å². The first-order valence-electron chi connectivity index (χ1n) is 6.70. The molecular weight excluding hydrogens is 224 g/mol. The minimum Gasteiger partial charge on any atom is -0.330 e. The molecule has 3 heteroatoms. The number of hydrogen-bond donors (Lipinski definition) is 1. The normalized spacial score (nSPS) is 16.6. The fraction of sp³-hybridized carbons (Fsp3) is 0.533. The number of nitrogens with two attached hydrogens (primary N) is 1. The Balaban J connectivity index is 2.10. The Hall–Kier alpha value is -1.35. The van der Waals surface area contributed by atoms with Gasteiger partial charge in [0.25, 0.3) is 0 Å². The van der Waals surface area contributed by atoms with Crippen molar-refractivity contribution in [2.45, 2.75) is 32.6 Å². The molecule has 1 aliphatic heterocycles. The molecule has 0 radical (unpaired) electrons. The number of fused-ring (bicyclic) bond motifs is 1. The Morgan fingerprint density at radius 2 is 2.17 bits per heavy atom. The number of anilines is 1. The summed E-state index contributed by atoms with van der Waals surface area (Å²) in [5.41, 5.74) is 9.37. The third kappa shape index (κ3) is 2.72. The van der Waals surface area contributed by atoms with Gasteiger partial charge in [0.05, 0.1) is 0 Å². The Bertz CT molecular complexity index is 442. The second kappa shape index (κ2) is 5.53. The maximum atomic E-state index is 11.6. The van der Waals surface area contributed by atoms with E-state index in [2.05, 4.69) is 25.1 Å². The number of amides is 1. The van der Waals surface area contributed by atoms with Crippen LogP contribution in [0.3, 0.4) is 0 Å². The van der Waals surface area contributed by atoms with Crippen LogP contribution in [0.5, 0.6) is 0 Å². The Morgan fingerprint density at radius 1 is 1.39 bits per heavy atom. The second-order valence-electron chi connectivity index (χ2n) is 5.30. The Labute approximate surface area is 109 Å². The van der Waals surface area contributed by atoms with Gasteiger partial charge in [0.2, 0.25) is 5.91 Å². The van der Waals surface area contributed by atoms with Crippen molar-refractivity contribution in [2.24, 2.45) is 11.7 Å². The van der Waals surface area contributed by atoms with Gasteiger partial charge >= 0.3 is 0 Å². The molecule has 1 unspecified atom stereocenters. The molecule has 0 aliphatic carbocycles. The van der Waals surface area contributed by atoms with Gasteiger partial charge in [-0.05, 0) is 48.9 Å². The minimum absolute atomic E-state index is 0.215. The molecule has 3 nitrogen and oxygen atoms in total. The van der Waals surface area contributed by atoms with Gasteiger partial charge in [-0.1, -0.05) is 19.1 Å². The quantitative estimate of drug-likeness (QED) is 0.884.